The van der Waals surface area contributed by atoms with Crippen molar-refractivity contribution in [3.63, 3.8) is 0 Å². The van der Waals surface area contributed by atoms with Crippen molar-refractivity contribution in [3.8, 4) is 0 Å². The molecule has 5 nitrogen and oxygen atoms in total. The lowest BCUT2D eigenvalue weighted by atomic mass is 10.4. The number of thiophene rings is 1. The van der Waals surface area contributed by atoms with Crippen LogP contribution in [0.25, 0.3) is 0 Å². The number of sulfonamides is 1. The van der Waals surface area contributed by atoms with Gasteiger partial charge in [0.2, 0.25) is 10.0 Å². The summed E-state index contributed by atoms with van der Waals surface area (Å²) < 4.78 is 22.4. The predicted octanol–water partition coefficient (Wildman–Crippen LogP) is 0.796. The molecule has 90 valence electrons. The molecule has 0 radical (unpaired) electrons. The summed E-state index contributed by atoms with van der Waals surface area (Å²) in [4.78, 5) is 14.2. The van der Waals surface area contributed by atoms with Crippen LogP contribution in [0.1, 0.15) is 21.5 Å². The molecule has 0 fully saturated rings. The Morgan fingerprint density at radius 1 is 1.56 bits per heavy atom. The van der Waals surface area contributed by atoms with Gasteiger partial charge in [-0.3, -0.25) is 4.79 Å². The van der Waals surface area contributed by atoms with Gasteiger partial charge in [0.05, 0.1) is 9.77 Å². The number of nitrogens with zero attached hydrogens (tertiary/aromatic N) is 1. The number of primary sulfonamides is 1. The van der Waals surface area contributed by atoms with Crippen molar-refractivity contribution in [2.24, 2.45) is 5.14 Å². The van der Waals surface area contributed by atoms with Crippen LogP contribution in [0.5, 0.6) is 0 Å². The Labute approximate surface area is 98.9 Å². The maximum absolute atomic E-state index is 11.8. The molecule has 1 heterocycles. The van der Waals surface area contributed by atoms with E-state index in [-0.39, 0.29) is 10.8 Å². The van der Waals surface area contributed by atoms with Crippen LogP contribution in [0.2, 0.25) is 0 Å². The van der Waals surface area contributed by atoms with Crippen molar-refractivity contribution in [2.45, 2.75) is 18.7 Å². The number of rotatable bonds is 3. The van der Waals surface area contributed by atoms with Crippen molar-refractivity contribution < 1.29 is 13.2 Å². The summed E-state index contributed by atoms with van der Waals surface area (Å²) in [6.07, 6.45) is 0. The van der Waals surface area contributed by atoms with Crippen LogP contribution >= 0.6 is 11.3 Å². The first-order valence-electron chi connectivity index (χ1n) is 4.66. The zero-order valence-electron chi connectivity index (χ0n) is 9.35. The molecule has 0 bridgehead atoms. The maximum atomic E-state index is 11.8. The van der Waals surface area contributed by atoms with Crippen LogP contribution in [0.15, 0.2) is 11.0 Å². The van der Waals surface area contributed by atoms with Crippen molar-refractivity contribution in [3.05, 3.63) is 15.8 Å². The number of carbonyl (C=O) groups is 1. The van der Waals surface area contributed by atoms with Crippen molar-refractivity contribution in [2.75, 3.05) is 13.6 Å². The molecular weight excluding hydrogens is 248 g/mol. The van der Waals surface area contributed by atoms with E-state index in [1.165, 1.54) is 11.0 Å². The number of nitrogens with two attached hydrogens (primary N) is 1. The van der Waals surface area contributed by atoms with Crippen molar-refractivity contribution >= 4 is 27.3 Å². The van der Waals surface area contributed by atoms with E-state index in [9.17, 15) is 13.2 Å². The highest BCUT2D eigenvalue weighted by Crippen LogP contribution is 2.25. The molecule has 1 rings (SSSR count). The largest absolute Gasteiger partial charge is 0.341 e. The lowest BCUT2D eigenvalue weighted by Crippen LogP contribution is -2.25. The van der Waals surface area contributed by atoms with Gasteiger partial charge in [-0.15, -0.1) is 11.3 Å². The minimum Gasteiger partial charge on any atom is -0.341 e. The van der Waals surface area contributed by atoms with E-state index in [4.69, 9.17) is 5.14 Å². The monoisotopic (exact) mass is 262 g/mol. The highest BCUT2D eigenvalue weighted by Gasteiger charge is 2.20. The second-order valence-corrected chi connectivity index (χ2v) is 6.18. The second kappa shape index (κ2) is 4.52. The van der Waals surface area contributed by atoms with E-state index >= 15 is 0 Å². The Morgan fingerprint density at radius 2 is 2.12 bits per heavy atom. The fourth-order valence-corrected chi connectivity index (χ4v) is 3.33. The first-order valence-corrected chi connectivity index (χ1v) is 7.02. The summed E-state index contributed by atoms with van der Waals surface area (Å²) in [5, 5.41) is 5.03. The topological polar surface area (TPSA) is 80.5 Å². The van der Waals surface area contributed by atoms with Crippen molar-refractivity contribution in [1.82, 2.24) is 4.90 Å². The average molecular weight is 262 g/mol. The molecule has 0 atom stereocenters. The Bertz CT molecular complexity index is 505. The first kappa shape index (κ1) is 13.1. The maximum Gasteiger partial charge on any atom is 0.263 e. The highest BCUT2D eigenvalue weighted by atomic mass is 32.2. The summed E-state index contributed by atoms with van der Waals surface area (Å²) >= 11 is 1.14. The zero-order chi connectivity index (χ0) is 12.5. The van der Waals surface area contributed by atoms with Crippen LogP contribution in [-0.4, -0.2) is 32.8 Å². The molecule has 0 unspecified atom stereocenters. The van der Waals surface area contributed by atoms with Gasteiger partial charge in [0.15, 0.2) is 0 Å². The minimum atomic E-state index is -3.74. The van der Waals surface area contributed by atoms with Gasteiger partial charge in [0, 0.05) is 18.5 Å². The summed E-state index contributed by atoms with van der Waals surface area (Å²) in [7, 11) is -2.08. The fraction of sp³-hybridized carbons (Fsp3) is 0.444. The van der Waals surface area contributed by atoms with Gasteiger partial charge in [-0.05, 0) is 19.9 Å². The van der Waals surface area contributed by atoms with Gasteiger partial charge in [0.25, 0.3) is 5.91 Å². The smallest absolute Gasteiger partial charge is 0.263 e. The standard InChI is InChI=1S/C9H14N2O3S2/c1-4-11(3)9(12)7-5-8(6(2)15-7)16(10,13)14/h5H,4H2,1-3H3,(H2,10,13,14). The van der Waals surface area contributed by atoms with Crippen LogP contribution in [-0.2, 0) is 10.0 Å². The normalized spacial score (nSPS) is 11.5. The van der Waals surface area contributed by atoms with E-state index in [1.54, 1.807) is 14.0 Å². The molecule has 0 aliphatic carbocycles. The van der Waals surface area contributed by atoms with Crippen LogP contribution < -0.4 is 5.14 Å². The van der Waals surface area contributed by atoms with E-state index in [1.807, 2.05) is 6.92 Å². The number of carbonyl (C=O) groups excluding carboxylic acids is 1. The first-order chi connectivity index (χ1) is 7.27. The van der Waals surface area contributed by atoms with Gasteiger partial charge in [-0.2, -0.15) is 0 Å². The quantitative estimate of drug-likeness (QED) is 0.874. The lowest BCUT2D eigenvalue weighted by Gasteiger charge is -2.12. The summed E-state index contributed by atoms with van der Waals surface area (Å²) in [5.41, 5.74) is 0. The molecule has 0 saturated carbocycles. The molecule has 2 N–H and O–H groups in total. The molecule has 7 heteroatoms. The summed E-state index contributed by atoms with van der Waals surface area (Å²) in [6, 6.07) is 1.34. The Hall–Kier alpha value is -0.920. The van der Waals surface area contributed by atoms with Gasteiger partial charge in [0.1, 0.15) is 0 Å². The van der Waals surface area contributed by atoms with E-state index in [0.717, 1.165) is 11.3 Å². The fourth-order valence-electron chi connectivity index (χ4n) is 1.18. The second-order valence-electron chi connectivity index (χ2n) is 3.40. The molecule has 0 aromatic carbocycles. The highest BCUT2D eigenvalue weighted by molar-refractivity contribution is 7.89. The molecule has 0 spiro atoms. The minimum absolute atomic E-state index is 0.0327. The zero-order valence-corrected chi connectivity index (χ0v) is 11.0. The third-order valence-corrected chi connectivity index (χ3v) is 4.42. The van der Waals surface area contributed by atoms with Gasteiger partial charge in [-0.25, -0.2) is 13.6 Å². The number of amides is 1. The van der Waals surface area contributed by atoms with E-state index in [2.05, 4.69) is 0 Å². The van der Waals surface area contributed by atoms with Crippen LogP contribution in [0.4, 0.5) is 0 Å². The molecule has 0 aliphatic heterocycles. The Kier molecular flexibility index (Phi) is 3.72. The molecule has 0 saturated heterocycles. The predicted molar refractivity (Wildman–Crippen MR) is 63.1 cm³/mol. The van der Waals surface area contributed by atoms with E-state index in [0.29, 0.717) is 16.3 Å². The molecule has 16 heavy (non-hydrogen) atoms. The third kappa shape index (κ3) is 2.60. The molecule has 1 aromatic rings. The Morgan fingerprint density at radius 3 is 2.50 bits per heavy atom. The summed E-state index contributed by atoms with van der Waals surface area (Å²) in [5.74, 6) is -0.189. The molecule has 1 aromatic heterocycles. The molecule has 1 amide bonds. The van der Waals surface area contributed by atoms with Gasteiger partial charge < -0.3 is 4.90 Å². The third-order valence-electron chi connectivity index (χ3n) is 2.21. The van der Waals surface area contributed by atoms with Crippen LogP contribution in [0, 0.1) is 6.92 Å². The van der Waals surface area contributed by atoms with Crippen LogP contribution in [0.3, 0.4) is 0 Å². The average Bonchev–Trinajstić information content (AvgIpc) is 2.57. The van der Waals surface area contributed by atoms with Crippen molar-refractivity contribution in [1.29, 1.82) is 0 Å². The number of hydrogen-bond donors (Lipinski definition) is 1. The molecule has 0 aliphatic rings. The number of aryl methyl sites for hydroxylation is 1. The van der Waals surface area contributed by atoms with Gasteiger partial charge >= 0.3 is 0 Å². The molecular formula is C9H14N2O3S2. The Balaban J connectivity index is 3.17. The lowest BCUT2D eigenvalue weighted by molar-refractivity contribution is 0.0807. The van der Waals surface area contributed by atoms with E-state index < -0.39 is 10.0 Å². The van der Waals surface area contributed by atoms with Gasteiger partial charge in [-0.1, -0.05) is 0 Å². The summed E-state index contributed by atoms with van der Waals surface area (Å²) in [6.45, 7) is 4.05. The SMILES string of the molecule is CCN(C)C(=O)c1cc(S(N)(=O)=O)c(C)s1. The number of hydrogen-bond acceptors (Lipinski definition) is 4.